The molecule has 2 rings (SSSR count). The highest BCUT2D eigenvalue weighted by Crippen LogP contribution is 2.30. The molecule has 1 aliphatic heterocycles. The normalized spacial score (nSPS) is 18.3. The number of nitrogens with zero attached hydrogens (tertiary/aromatic N) is 4. The lowest BCUT2D eigenvalue weighted by molar-refractivity contribution is 0.0160. The van der Waals surface area contributed by atoms with Gasteiger partial charge in [0.1, 0.15) is 11.3 Å². The van der Waals surface area contributed by atoms with Crippen LogP contribution in [0.5, 0.6) is 0 Å². The monoisotopic (exact) mass is 358 g/mol. The molecule has 0 radical (unpaired) electrons. The molecule has 1 aromatic rings. The number of ether oxygens (including phenoxy) is 1. The number of amides is 2. The second-order valence-corrected chi connectivity index (χ2v) is 6.81. The fraction of sp³-hybridized carbons (Fsp3) is 0.667. The molecule has 138 valence electrons. The number of halogens is 2. The van der Waals surface area contributed by atoms with Crippen molar-refractivity contribution in [2.24, 2.45) is 5.18 Å². The van der Waals surface area contributed by atoms with Gasteiger partial charge < -0.3 is 9.64 Å². The number of rotatable bonds is 3. The molecule has 10 heteroatoms. The van der Waals surface area contributed by atoms with Gasteiger partial charge in [0, 0.05) is 18.3 Å². The van der Waals surface area contributed by atoms with Gasteiger partial charge in [-0.1, -0.05) is 0 Å². The topological polar surface area (TPSA) is 93.9 Å². The number of aromatic nitrogens is 2. The van der Waals surface area contributed by atoms with E-state index < -0.39 is 41.3 Å². The molecule has 0 aromatic carbocycles. The first kappa shape index (κ1) is 18.9. The highest BCUT2D eigenvalue weighted by Gasteiger charge is 2.33. The first-order chi connectivity index (χ1) is 11.6. The van der Waals surface area contributed by atoms with Crippen molar-refractivity contribution in [1.29, 1.82) is 0 Å². The van der Waals surface area contributed by atoms with Crippen molar-refractivity contribution in [2.45, 2.75) is 51.7 Å². The van der Waals surface area contributed by atoms with E-state index in [1.807, 2.05) is 0 Å². The van der Waals surface area contributed by atoms with E-state index in [9.17, 15) is 23.3 Å². The van der Waals surface area contributed by atoms with Gasteiger partial charge in [-0.15, -0.1) is 4.91 Å². The minimum atomic E-state index is -3.00. The molecule has 1 atom stereocenters. The van der Waals surface area contributed by atoms with Crippen molar-refractivity contribution < 1.29 is 23.1 Å². The average molecular weight is 358 g/mol. The van der Waals surface area contributed by atoms with Gasteiger partial charge in [-0.2, -0.15) is 5.10 Å². The Labute approximate surface area is 143 Å². The summed E-state index contributed by atoms with van der Waals surface area (Å²) in [6.45, 7) is 5.77. The zero-order valence-electron chi connectivity index (χ0n) is 14.2. The first-order valence-electron chi connectivity index (χ1n) is 7.85. The van der Waals surface area contributed by atoms with Crippen LogP contribution in [0, 0.1) is 4.91 Å². The van der Waals surface area contributed by atoms with Crippen LogP contribution in [-0.4, -0.2) is 45.4 Å². The zero-order chi connectivity index (χ0) is 18.8. The number of carbonyl (C=O) groups is 2. The summed E-state index contributed by atoms with van der Waals surface area (Å²) in [4.78, 5) is 35.4. The molecular weight excluding hydrogens is 338 g/mol. The number of carbonyl (C=O) groups excluding carboxylic acids is 2. The SMILES string of the molecule is CC(C)(C)OC(=O)N1CCCC(n2ncc(C(=O)N=O)c2C(F)F)C1. The maximum atomic E-state index is 13.4. The van der Waals surface area contributed by atoms with Crippen LogP contribution in [0.4, 0.5) is 13.6 Å². The lowest BCUT2D eigenvalue weighted by atomic mass is 10.1. The second-order valence-electron chi connectivity index (χ2n) is 6.81. The average Bonchev–Trinajstić information content (AvgIpc) is 2.98. The third-order valence-electron chi connectivity index (χ3n) is 3.75. The zero-order valence-corrected chi connectivity index (χ0v) is 14.2. The van der Waals surface area contributed by atoms with Crippen LogP contribution in [0.2, 0.25) is 0 Å². The van der Waals surface area contributed by atoms with E-state index in [0.29, 0.717) is 19.4 Å². The highest BCUT2D eigenvalue weighted by molar-refractivity contribution is 5.95. The van der Waals surface area contributed by atoms with Crippen molar-refractivity contribution in [3.63, 3.8) is 0 Å². The molecule has 0 bridgehead atoms. The number of piperidine rings is 1. The fourth-order valence-electron chi connectivity index (χ4n) is 2.74. The van der Waals surface area contributed by atoms with Gasteiger partial charge in [-0.05, 0) is 33.6 Å². The van der Waals surface area contributed by atoms with Gasteiger partial charge >= 0.3 is 12.0 Å². The Hall–Kier alpha value is -2.39. The summed E-state index contributed by atoms with van der Waals surface area (Å²) in [5.41, 5.74) is -1.83. The number of hydrogen-bond acceptors (Lipinski definition) is 5. The summed E-state index contributed by atoms with van der Waals surface area (Å²) in [7, 11) is 0. The van der Waals surface area contributed by atoms with Gasteiger partial charge in [-0.25, -0.2) is 13.6 Å². The van der Waals surface area contributed by atoms with Gasteiger partial charge in [0.25, 0.3) is 6.43 Å². The molecule has 0 N–H and O–H groups in total. The van der Waals surface area contributed by atoms with E-state index >= 15 is 0 Å². The lowest BCUT2D eigenvalue weighted by Crippen LogP contribution is -2.43. The van der Waals surface area contributed by atoms with Gasteiger partial charge in [0.2, 0.25) is 0 Å². The third kappa shape index (κ3) is 4.37. The number of alkyl halides is 2. The van der Waals surface area contributed by atoms with E-state index in [1.54, 1.807) is 20.8 Å². The Balaban J connectivity index is 2.24. The first-order valence-corrected chi connectivity index (χ1v) is 7.85. The molecule has 1 fully saturated rings. The molecule has 0 spiro atoms. The maximum absolute atomic E-state index is 13.4. The minimum absolute atomic E-state index is 0.123. The van der Waals surface area contributed by atoms with Crippen LogP contribution in [0.25, 0.3) is 0 Å². The fourth-order valence-corrected chi connectivity index (χ4v) is 2.74. The Morgan fingerprint density at radius 1 is 1.40 bits per heavy atom. The molecule has 0 saturated carbocycles. The summed E-state index contributed by atoms with van der Waals surface area (Å²) in [5.74, 6) is -1.29. The molecular formula is C15H20F2N4O4. The third-order valence-corrected chi connectivity index (χ3v) is 3.75. The predicted molar refractivity (Wildman–Crippen MR) is 83.4 cm³/mol. The molecule has 1 unspecified atom stereocenters. The van der Waals surface area contributed by atoms with Crippen LogP contribution >= 0.6 is 0 Å². The molecule has 1 saturated heterocycles. The quantitative estimate of drug-likeness (QED) is 0.773. The number of hydrogen-bond donors (Lipinski definition) is 0. The summed E-state index contributed by atoms with van der Waals surface area (Å²) in [6, 6.07) is -0.543. The molecule has 2 amide bonds. The molecule has 8 nitrogen and oxygen atoms in total. The van der Waals surface area contributed by atoms with E-state index in [4.69, 9.17) is 4.74 Å². The largest absolute Gasteiger partial charge is 0.444 e. The van der Waals surface area contributed by atoms with Crippen molar-refractivity contribution in [3.05, 3.63) is 22.4 Å². The Kier molecular flexibility index (Phi) is 5.48. The molecule has 2 heterocycles. The Morgan fingerprint density at radius 2 is 2.08 bits per heavy atom. The van der Waals surface area contributed by atoms with Crippen molar-refractivity contribution >= 4 is 12.0 Å². The smallest absolute Gasteiger partial charge is 0.410 e. The Morgan fingerprint density at radius 3 is 2.64 bits per heavy atom. The summed E-state index contributed by atoms with van der Waals surface area (Å²) in [5, 5.41) is 6.02. The minimum Gasteiger partial charge on any atom is -0.444 e. The molecule has 25 heavy (non-hydrogen) atoms. The van der Waals surface area contributed by atoms with E-state index in [1.165, 1.54) is 4.90 Å². The number of likely N-dealkylation sites (tertiary alicyclic amines) is 1. The van der Waals surface area contributed by atoms with Crippen molar-refractivity contribution in [2.75, 3.05) is 13.1 Å². The van der Waals surface area contributed by atoms with Crippen LogP contribution in [0.15, 0.2) is 11.4 Å². The molecule has 1 aliphatic rings. The highest BCUT2D eigenvalue weighted by atomic mass is 19.3. The summed E-state index contributed by atoms with van der Waals surface area (Å²) >= 11 is 0. The predicted octanol–water partition coefficient (Wildman–Crippen LogP) is 3.30. The maximum Gasteiger partial charge on any atom is 0.410 e. The van der Waals surface area contributed by atoms with E-state index in [0.717, 1.165) is 10.9 Å². The van der Waals surface area contributed by atoms with Crippen molar-refractivity contribution in [1.82, 2.24) is 14.7 Å². The summed E-state index contributed by atoms with van der Waals surface area (Å²) < 4.78 is 33.1. The number of nitroso groups, excluding NO2 is 1. The van der Waals surface area contributed by atoms with Gasteiger partial charge in [0.15, 0.2) is 0 Å². The molecule has 0 aliphatic carbocycles. The van der Waals surface area contributed by atoms with Crippen molar-refractivity contribution in [3.8, 4) is 0 Å². The van der Waals surface area contributed by atoms with Crippen LogP contribution in [0.1, 0.15) is 62.1 Å². The van der Waals surface area contributed by atoms with E-state index in [2.05, 4.69) is 10.3 Å². The van der Waals surface area contributed by atoms with Gasteiger partial charge in [-0.3, -0.25) is 9.48 Å². The standard InChI is InChI=1S/C15H20F2N4O4/c1-15(2,3)25-14(23)20-6-4-5-9(8-20)21-11(12(16)17)10(7-18-21)13(22)19-24/h7,9,12H,4-6,8H2,1-3H3. The van der Waals surface area contributed by atoms with Gasteiger partial charge in [0.05, 0.1) is 17.8 Å². The van der Waals surface area contributed by atoms with Crippen LogP contribution in [-0.2, 0) is 4.74 Å². The molecule has 1 aromatic heterocycles. The van der Waals surface area contributed by atoms with Crippen LogP contribution < -0.4 is 0 Å². The second kappa shape index (κ2) is 7.24. The van der Waals surface area contributed by atoms with Crippen LogP contribution in [0.3, 0.4) is 0 Å². The summed E-state index contributed by atoms with van der Waals surface area (Å²) in [6.07, 6.45) is -1.55. The lowest BCUT2D eigenvalue weighted by Gasteiger charge is -2.34. The van der Waals surface area contributed by atoms with E-state index in [-0.39, 0.29) is 6.54 Å². The Bertz CT molecular complexity index is 669.